The molecule has 0 saturated carbocycles. The van der Waals surface area contributed by atoms with Crippen LogP contribution < -0.4 is 10.2 Å². The van der Waals surface area contributed by atoms with Crippen LogP contribution in [0.1, 0.15) is 26.7 Å². The number of aromatic nitrogens is 1. The summed E-state index contributed by atoms with van der Waals surface area (Å²) in [6.07, 6.45) is 2.40. The second-order valence-electron chi connectivity index (χ2n) is 5.63. The van der Waals surface area contributed by atoms with Crippen LogP contribution in [-0.2, 0) is 0 Å². The molecule has 1 fully saturated rings. The van der Waals surface area contributed by atoms with E-state index in [1.54, 1.807) is 0 Å². The van der Waals surface area contributed by atoms with Crippen LogP contribution in [0.4, 0.5) is 6.01 Å². The predicted molar refractivity (Wildman–Crippen MR) is 82.1 cm³/mol. The standard InChI is InChI=1S/C16H23N3O/c1-3-17-12(2)13-8-10-19(11-9-13)16-18-14-6-4-5-7-15(14)20-16/h4-7,12-13,17H,3,8-11H2,1-2H3. The number of fused-ring (bicyclic) bond motifs is 1. The Morgan fingerprint density at radius 3 is 2.80 bits per heavy atom. The van der Waals surface area contributed by atoms with E-state index in [4.69, 9.17) is 4.42 Å². The van der Waals surface area contributed by atoms with E-state index in [-0.39, 0.29) is 0 Å². The zero-order valence-electron chi connectivity index (χ0n) is 12.3. The van der Waals surface area contributed by atoms with Crippen molar-refractivity contribution in [3.63, 3.8) is 0 Å². The monoisotopic (exact) mass is 273 g/mol. The van der Waals surface area contributed by atoms with Gasteiger partial charge in [-0.2, -0.15) is 4.98 Å². The average molecular weight is 273 g/mol. The second-order valence-corrected chi connectivity index (χ2v) is 5.63. The molecular weight excluding hydrogens is 250 g/mol. The normalized spacial score (nSPS) is 18.6. The minimum atomic E-state index is 0.603. The SMILES string of the molecule is CCNC(C)C1CCN(c2nc3ccccc3o2)CC1. The third-order valence-electron chi connectivity index (χ3n) is 4.33. The van der Waals surface area contributed by atoms with E-state index in [1.807, 2.05) is 24.3 Å². The summed E-state index contributed by atoms with van der Waals surface area (Å²) in [6, 6.07) is 9.35. The van der Waals surface area contributed by atoms with Gasteiger partial charge in [-0.15, -0.1) is 0 Å². The predicted octanol–water partition coefficient (Wildman–Crippen LogP) is 3.04. The van der Waals surface area contributed by atoms with Crippen molar-refractivity contribution in [2.45, 2.75) is 32.7 Å². The van der Waals surface area contributed by atoms with Crippen LogP contribution >= 0.6 is 0 Å². The maximum Gasteiger partial charge on any atom is 0.298 e. The molecule has 0 amide bonds. The maximum absolute atomic E-state index is 5.85. The number of benzene rings is 1. The molecule has 2 aromatic rings. The van der Waals surface area contributed by atoms with Gasteiger partial charge < -0.3 is 14.6 Å². The topological polar surface area (TPSA) is 41.3 Å². The zero-order chi connectivity index (χ0) is 13.9. The van der Waals surface area contributed by atoms with Crippen LogP contribution in [0.2, 0.25) is 0 Å². The van der Waals surface area contributed by atoms with Gasteiger partial charge >= 0.3 is 0 Å². The van der Waals surface area contributed by atoms with E-state index < -0.39 is 0 Å². The molecule has 1 aromatic carbocycles. The van der Waals surface area contributed by atoms with Gasteiger partial charge in [0.1, 0.15) is 5.52 Å². The third-order valence-corrected chi connectivity index (χ3v) is 4.33. The Bertz CT molecular complexity index is 525. The van der Waals surface area contributed by atoms with Crippen LogP contribution in [0.25, 0.3) is 11.1 Å². The van der Waals surface area contributed by atoms with Crippen LogP contribution in [0.3, 0.4) is 0 Å². The fourth-order valence-corrected chi connectivity index (χ4v) is 3.07. The van der Waals surface area contributed by atoms with Crippen molar-refractivity contribution in [3.05, 3.63) is 24.3 Å². The van der Waals surface area contributed by atoms with Crippen LogP contribution in [-0.4, -0.2) is 30.7 Å². The lowest BCUT2D eigenvalue weighted by Crippen LogP contribution is -2.42. The van der Waals surface area contributed by atoms with Gasteiger partial charge in [0.2, 0.25) is 0 Å². The zero-order valence-corrected chi connectivity index (χ0v) is 12.3. The first-order chi connectivity index (χ1) is 9.78. The molecule has 4 nitrogen and oxygen atoms in total. The number of piperidine rings is 1. The van der Waals surface area contributed by atoms with Crippen molar-refractivity contribution in [1.82, 2.24) is 10.3 Å². The summed E-state index contributed by atoms with van der Waals surface area (Å²) in [5.74, 6) is 0.760. The van der Waals surface area contributed by atoms with Gasteiger partial charge in [0, 0.05) is 19.1 Å². The molecular formula is C16H23N3O. The first kappa shape index (κ1) is 13.4. The summed E-state index contributed by atoms with van der Waals surface area (Å²) in [5, 5.41) is 3.53. The van der Waals surface area contributed by atoms with Gasteiger partial charge in [-0.1, -0.05) is 19.1 Å². The van der Waals surface area contributed by atoms with Crippen LogP contribution in [0.5, 0.6) is 0 Å². The molecule has 0 aliphatic carbocycles. The lowest BCUT2D eigenvalue weighted by atomic mass is 9.90. The van der Waals surface area contributed by atoms with Crippen molar-refractivity contribution in [2.24, 2.45) is 5.92 Å². The van der Waals surface area contributed by atoms with Gasteiger partial charge in [-0.3, -0.25) is 0 Å². The Labute approximate surface area is 120 Å². The molecule has 1 aliphatic heterocycles. The maximum atomic E-state index is 5.85. The Kier molecular flexibility index (Phi) is 3.92. The summed E-state index contributed by atoms with van der Waals surface area (Å²) in [6.45, 7) is 7.58. The number of hydrogen-bond acceptors (Lipinski definition) is 4. The molecule has 0 spiro atoms. The number of rotatable bonds is 4. The number of para-hydroxylation sites is 2. The fourth-order valence-electron chi connectivity index (χ4n) is 3.07. The van der Waals surface area contributed by atoms with E-state index in [9.17, 15) is 0 Å². The van der Waals surface area contributed by atoms with E-state index in [1.165, 1.54) is 12.8 Å². The van der Waals surface area contributed by atoms with Crippen molar-refractivity contribution in [2.75, 3.05) is 24.5 Å². The number of nitrogens with one attached hydrogen (secondary N) is 1. The molecule has 1 aliphatic rings. The fraction of sp³-hybridized carbons (Fsp3) is 0.562. The molecule has 108 valence electrons. The summed E-state index contributed by atoms with van der Waals surface area (Å²) >= 11 is 0. The average Bonchev–Trinajstić information content (AvgIpc) is 2.91. The molecule has 1 saturated heterocycles. The Morgan fingerprint density at radius 2 is 2.10 bits per heavy atom. The number of hydrogen-bond donors (Lipinski definition) is 1. The van der Waals surface area contributed by atoms with Gasteiger partial charge in [0.05, 0.1) is 0 Å². The number of nitrogens with zero attached hydrogens (tertiary/aromatic N) is 2. The Morgan fingerprint density at radius 1 is 1.35 bits per heavy atom. The molecule has 1 aromatic heterocycles. The van der Waals surface area contributed by atoms with Gasteiger partial charge in [0.25, 0.3) is 6.01 Å². The quantitative estimate of drug-likeness (QED) is 0.929. The lowest BCUT2D eigenvalue weighted by molar-refractivity contribution is 0.309. The van der Waals surface area contributed by atoms with Crippen LogP contribution in [0.15, 0.2) is 28.7 Å². The molecule has 2 heterocycles. The van der Waals surface area contributed by atoms with Gasteiger partial charge in [-0.25, -0.2) is 0 Å². The summed E-state index contributed by atoms with van der Waals surface area (Å²) < 4.78 is 5.85. The van der Waals surface area contributed by atoms with Crippen molar-refractivity contribution >= 4 is 17.1 Å². The van der Waals surface area contributed by atoms with Gasteiger partial charge in [-0.05, 0) is 44.4 Å². The molecule has 3 rings (SSSR count). The highest BCUT2D eigenvalue weighted by Crippen LogP contribution is 2.27. The van der Waals surface area contributed by atoms with E-state index in [2.05, 4.69) is 29.0 Å². The smallest absolute Gasteiger partial charge is 0.298 e. The number of oxazole rings is 1. The highest BCUT2D eigenvalue weighted by Gasteiger charge is 2.25. The second kappa shape index (κ2) is 5.83. The van der Waals surface area contributed by atoms with Crippen molar-refractivity contribution in [1.29, 1.82) is 0 Å². The van der Waals surface area contributed by atoms with Crippen molar-refractivity contribution < 1.29 is 4.42 Å². The summed E-state index contributed by atoms with van der Waals surface area (Å²) in [7, 11) is 0. The highest BCUT2D eigenvalue weighted by molar-refractivity contribution is 5.74. The van der Waals surface area contributed by atoms with Gasteiger partial charge in [0.15, 0.2) is 5.58 Å². The summed E-state index contributed by atoms with van der Waals surface area (Å²) in [5.41, 5.74) is 1.83. The Balaban J connectivity index is 1.65. The largest absolute Gasteiger partial charge is 0.423 e. The van der Waals surface area contributed by atoms with E-state index in [0.717, 1.165) is 42.7 Å². The molecule has 20 heavy (non-hydrogen) atoms. The molecule has 1 N–H and O–H groups in total. The minimum absolute atomic E-state index is 0.603. The first-order valence-corrected chi connectivity index (χ1v) is 7.62. The number of anilines is 1. The lowest BCUT2D eigenvalue weighted by Gasteiger charge is -2.34. The minimum Gasteiger partial charge on any atom is -0.423 e. The summed E-state index contributed by atoms with van der Waals surface area (Å²) in [4.78, 5) is 6.86. The van der Waals surface area contributed by atoms with E-state index in [0.29, 0.717) is 6.04 Å². The first-order valence-electron chi connectivity index (χ1n) is 7.62. The van der Waals surface area contributed by atoms with E-state index >= 15 is 0 Å². The molecule has 1 unspecified atom stereocenters. The highest BCUT2D eigenvalue weighted by atomic mass is 16.4. The van der Waals surface area contributed by atoms with Crippen LogP contribution in [0, 0.1) is 5.92 Å². The Hall–Kier alpha value is -1.55. The van der Waals surface area contributed by atoms with Crippen molar-refractivity contribution in [3.8, 4) is 0 Å². The third kappa shape index (κ3) is 2.66. The molecule has 0 radical (unpaired) electrons. The molecule has 4 heteroatoms. The molecule has 1 atom stereocenters. The molecule has 0 bridgehead atoms.